The van der Waals surface area contributed by atoms with Gasteiger partial charge in [0.25, 0.3) is 0 Å². The standard InChI is InChI=1S/C15H24ClN3/c1-11(2)17-9-13-8-14(16)15(18-10-13)19-7-5-4-6-12(19)3/h8,10-12,17H,4-7,9H2,1-3H3. The molecule has 0 aliphatic carbocycles. The van der Waals surface area contributed by atoms with Crippen LogP contribution in [0.25, 0.3) is 0 Å². The molecule has 1 saturated heterocycles. The molecule has 0 spiro atoms. The highest BCUT2D eigenvalue weighted by Crippen LogP contribution is 2.29. The van der Waals surface area contributed by atoms with Crippen molar-refractivity contribution in [1.82, 2.24) is 10.3 Å². The maximum atomic E-state index is 6.41. The average Bonchev–Trinajstić information content (AvgIpc) is 2.38. The summed E-state index contributed by atoms with van der Waals surface area (Å²) in [6.07, 6.45) is 5.72. The molecule has 0 bridgehead atoms. The van der Waals surface area contributed by atoms with E-state index in [4.69, 9.17) is 11.6 Å². The lowest BCUT2D eigenvalue weighted by molar-refractivity contribution is 0.481. The molecule has 106 valence electrons. The van der Waals surface area contributed by atoms with Crippen LogP contribution >= 0.6 is 11.6 Å². The van der Waals surface area contributed by atoms with Crippen LogP contribution in [-0.4, -0.2) is 23.6 Å². The van der Waals surface area contributed by atoms with E-state index in [0.29, 0.717) is 12.1 Å². The molecule has 19 heavy (non-hydrogen) atoms. The summed E-state index contributed by atoms with van der Waals surface area (Å²) in [4.78, 5) is 6.92. The minimum absolute atomic E-state index is 0.473. The van der Waals surface area contributed by atoms with E-state index in [1.165, 1.54) is 19.3 Å². The summed E-state index contributed by atoms with van der Waals surface area (Å²) in [5, 5.41) is 4.16. The Morgan fingerprint density at radius 3 is 2.89 bits per heavy atom. The number of nitrogens with one attached hydrogen (secondary N) is 1. The highest BCUT2D eigenvalue weighted by molar-refractivity contribution is 6.33. The van der Waals surface area contributed by atoms with E-state index < -0.39 is 0 Å². The number of piperidine rings is 1. The first kappa shape index (κ1) is 14.6. The number of hydrogen-bond donors (Lipinski definition) is 1. The Labute approximate surface area is 121 Å². The maximum absolute atomic E-state index is 6.41. The highest BCUT2D eigenvalue weighted by Gasteiger charge is 2.21. The first-order valence-electron chi connectivity index (χ1n) is 7.22. The minimum atomic E-state index is 0.473. The first-order valence-corrected chi connectivity index (χ1v) is 7.60. The molecule has 1 aromatic heterocycles. The van der Waals surface area contributed by atoms with Gasteiger partial charge in [0.2, 0.25) is 0 Å². The van der Waals surface area contributed by atoms with E-state index in [1.54, 1.807) is 0 Å². The van der Waals surface area contributed by atoms with Gasteiger partial charge in [0.1, 0.15) is 5.82 Å². The number of nitrogens with zero attached hydrogens (tertiary/aromatic N) is 2. The van der Waals surface area contributed by atoms with Crippen LogP contribution in [0.1, 0.15) is 45.6 Å². The second-order valence-corrected chi connectivity index (χ2v) is 6.13. The number of anilines is 1. The second-order valence-electron chi connectivity index (χ2n) is 5.72. The van der Waals surface area contributed by atoms with Crippen molar-refractivity contribution in [1.29, 1.82) is 0 Å². The van der Waals surface area contributed by atoms with E-state index in [2.05, 4.69) is 36.0 Å². The van der Waals surface area contributed by atoms with Crippen LogP contribution in [0.4, 0.5) is 5.82 Å². The molecule has 1 fully saturated rings. The normalized spacial score (nSPS) is 20.1. The third-order valence-corrected chi connectivity index (χ3v) is 3.95. The van der Waals surface area contributed by atoms with Gasteiger partial charge in [-0.3, -0.25) is 0 Å². The SMILES string of the molecule is CC(C)NCc1cnc(N2CCCCC2C)c(Cl)c1. The molecule has 0 saturated carbocycles. The van der Waals surface area contributed by atoms with Crippen molar-refractivity contribution < 1.29 is 0 Å². The first-order chi connectivity index (χ1) is 9.08. The minimum Gasteiger partial charge on any atom is -0.353 e. The molecule has 2 heterocycles. The molecule has 1 N–H and O–H groups in total. The van der Waals surface area contributed by atoms with E-state index >= 15 is 0 Å². The molecule has 1 aromatic rings. The smallest absolute Gasteiger partial charge is 0.147 e. The number of aromatic nitrogens is 1. The Balaban J connectivity index is 2.10. The maximum Gasteiger partial charge on any atom is 0.147 e. The molecule has 0 aromatic carbocycles. The largest absolute Gasteiger partial charge is 0.353 e. The third kappa shape index (κ3) is 3.83. The molecule has 1 aliphatic rings. The monoisotopic (exact) mass is 281 g/mol. The zero-order valence-electron chi connectivity index (χ0n) is 12.1. The molecule has 0 radical (unpaired) electrons. The fourth-order valence-corrected chi connectivity index (χ4v) is 2.81. The molecule has 4 heteroatoms. The molecule has 1 atom stereocenters. The molecular weight excluding hydrogens is 258 g/mol. The second kappa shape index (κ2) is 6.58. The van der Waals surface area contributed by atoms with Gasteiger partial charge < -0.3 is 10.2 Å². The fourth-order valence-electron chi connectivity index (χ4n) is 2.51. The summed E-state index contributed by atoms with van der Waals surface area (Å²) in [6, 6.07) is 3.06. The Morgan fingerprint density at radius 1 is 1.47 bits per heavy atom. The van der Waals surface area contributed by atoms with Crippen LogP contribution in [0.3, 0.4) is 0 Å². The van der Waals surface area contributed by atoms with Gasteiger partial charge in [-0.05, 0) is 37.8 Å². The average molecular weight is 282 g/mol. The van der Waals surface area contributed by atoms with Crippen LogP contribution in [0.15, 0.2) is 12.3 Å². The van der Waals surface area contributed by atoms with E-state index in [1.807, 2.05) is 12.3 Å². The van der Waals surface area contributed by atoms with Gasteiger partial charge in [0.05, 0.1) is 5.02 Å². The van der Waals surface area contributed by atoms with Gasteiger partial charge in [-0.15, -0.1) is 0 Å². The number of hydrogen-bond acceptors (Lipinski definition) is 3. The zero-order valence-corrected chi connectivity index (χ0v) is 12.9. The van der Waals surface area contributed by atoms with Crippen molar-refractivity contribution in [2.24, 2.45) is 0 Å². The topological polar surface area (TPSA) is 28.2 Å². The number of halogens is 1. The lowest BCUT2D eigenvalue weighted by Gasteiger charge is -2.35. The van der Waals surface area contributed by atoms with Gasteiger partial charge in [-0.25, -0.2) is 4.98 Å². The number of rotatable bonds is 4. The van der Waals surface area contributed by atoms with E-state index in [0.717, 1.165) is 29.5 Å². The van der Waals surface area contributed by atoms with Gasteiger partial charge in [0.15, 0.2) is 0 Å². The van der Waals surface area contributed by atoms with Gasteiger partial charge in [0, 0.05) is 31.4 Å². The summed E-state index contributed by atoms with van der Waals surface area (Å²) in [5.74, 6) is 0.946. The highest BCUT2D eigenvalue weighted by atomic mass is 35.5. The van der Waals surface area contributed by atoms with Crippen molar-refractivity contribution >= 4 is 17.4 Å². The Bertz CT molecular complexity index is 420. The number of pyridine rings is 1. The third-order valence-electron chi connectivity index (χ3n) is 3.67. The summed E-state index contributed by atoms with van der Waals surface area (Å²) in [7, 11) is 0. The summed E-state index contributed by atoms with van der Waals surface area (Å²) in [5.41, 5.74) is 1.15. The quantitative estimate of drug-likeness (QED) is 0.914. The molecule has 1 aliphatic heterocycles. The lowest BCUT2D eigenvalue weighted by atomic mass is 10.0. The lowest BCUT2D eigenvalue weighted by Crippen LogP contribution is -2.38. The predicted octanol–water partition coefficient (Wildman–Crippen LogP) is 3.61. The van der Waals surface area contributed by atoms with Gasteiger partial charge in [-0.1, -0.05) is 25.4 Å². The summed E-state index contributed by atoms with van der Waals surface area (Å²) < 4.78 is 0. The Hall–Kier alpha value is -0.800. The summed E-state index contributed by atoms with van der Waals surface area (Å²) in [6.45, 7) is 8.42. The molecular formula is C15H24ClN3. The Morgan fingerprint density at radius 2 is 2.26 bits per heavy atom. The van der Waals surface area contributed by atoms with Crippen LogP contribution in [-0.2, 0) is 6.54 Å². The van der Waals surface area contributed by atoms with Crippen molar-refractivity contribution in [2.45, 2.75) is 58.7 Å². The molecule has 0 amide bonds. The predicted molar refractivity (Wildman–Crippen MR) is 81.9 cm³/mol. The van der Waals surface area contributed by atoms with Crippen molar-refractivity contribution in [3.8, 4) is 0 Å². The van der Waals surface area contributed by atoms with Gasteiger partial charge in [-0.2, -0.15) is 0 Å². The molecule has 3 nitrogen and oxygen atoms in total. The van der Waals surface area contributed by atoms with Crippen LogP contribution in [0.2, 0.25) is 5.02 Å². The van der Waals surface area contributed by atoms with E-state index in [-0.39, 0.29) is 0 Å². The van der Waals surface area contributed by atoms with E-state index in [9.17, 15) is 0 Å². The van der Waals surface area contributed by atoms with Crippen LogP contribution in [0.5, 0.6) is 0 Å². The van der Waals surface area contributed by atoms with Gasteiger partial charge >= 0.3 is 0 Å². The fraction of sp³-hybridized carbons (Fsp3) is 0.667. The van der Waals surface area contributed by atoms with Crippen LogP contribution < -0.4 is 10.2 Å². The Kier molecular flexibility index (Phi) is 5.06. The molecule has 1 unspecified atom stereocenters. The zero-order chi connectivity index (χ0) is 13.8. The summed E-state index contributed by atoms with van der Waals surface area (Å²) >= 11 is 6.41. The van der Waals surface area contributed by atoms with Crippen LogP contribution in [0, 0.1) is 0 Å². The van der Waals surface area contributed by atoms with Crippen molar-refractivity contribution in [3.05, 3.63) is 22.8 Å². The molecule has 2 rings (SSSR count). The van der Waals surface area contributed by atoms with Crippen molar-refractivity contribution in [3.63, 3.8) is 0 Å². The van der Waals surface area contributed by atoms with Crippen molar-refractivity contribution in [2.75, 3.05) is 11.4 Å².